The van der Waals surface area contributed by atoms with Crippen LogP contribution in [0.15, 0.2) is 62.3 Å². The normalized spacial score (nSPS) is 18.5. The third-order valence-corrected chi connectivity index (χ3v) is 6.45. The van der Waals surface area contributed by atoms with Gasteiger partial charge >= 0.3 is 11.3 Å². The summed E-state index contributed by atoms with van der Waals surface area (Å²) in [5, 5.41) is 2.50. The molecule has 1 saturated carbocycles. The Labute approximate surface area is 193 Å². The standard InChI is InChI=1S/C24H21N5O5/c1-27-19(24(32)34-26-27)13-28(15-10-11-15)18-12-21(30)29(23(18)31)16-8-6-14(7-9-16)22-25-17-4-2-3-5-20(17)33-22/h2-9,15,18H,10-13H2,1H3/p+1. The van der Waals surface area contributed by atoms with Crippen molar-refractivity contribution < 1.29 is 23.2 Å². The molecule has 1 aliphatic heterocycles. The summed E-state index contributed by atoms with van der Waals surface area (Å²) in [5.41, 5.74) is 2.64. The summed E-state index contributed by atoms with van der Waals surface area (Å²) in [4.78, 5) is 46.0. The number of benzene rings is 2. The number of H-pyrrole nitrogens is 1. The zero-order valence-corrected chi connectivity index (χ0v) is 18.4. The Balaban J connectivity index is 1.25. The van der Waals surface area contributed by atoms with Gasteiger partial charge in [-0.2, -0.15) is 0 Å². The minimum Gasteiger partial charge on any atom is -0.436 e. The largest absolute Gasteiger partial charge is 0.436 e. The summed E-state index contributed by atoms with van der Waals surface area (Å²) < 4.78 is 12.2. The lowest BCUT2D eigenvalue weighted by molar-refractivity contribution is -0.747. The zero-order valence-electron chi connectivity index (χ0n) is 18.4. The second-order valence-corrected chi connectivity index (χ2v) is 8.71. The van der Waals surface area contributed by atoms with Gasteiger partial charge in [0.25, 0.3) is 5.91 Å². The average molecular weight is 460 g/mol. The van der Waals surface area contributed by atoms with Crippen molar-refractivity contribution in [1.82, 2.24) is 15.2 Å². The summed E-state index contributed by atoms with van der Waals surface area (Å²) in [6.07, 6.45) is 1.93. The van der Waals surface area contributed by atoms with Gasteiger partial charge in [0.2, 0.25) is 11.8 Å². The first-order valence-corrected chi connectivity index (χ1v) is 11.1. The van der Waals surface area contributed by atoms with Gasteiger partial charge in [0.15, 0.2) is 12.6 Å². The maximum absolute atomic E-state index is 13.4. The lowest BCUT2D eigenvalue weighted by Gasteiger charge is -2.25. The fourth-order valence-electron chi connectivity index (χ4n) is 4.50. The third kappa shape index (κ3) is 3.43. The molecule has 1 N–H and O–H groups in total. The van der Waals surface area contributed by atoms with E-state index >= 15 is 0 Å². The van der Waals surface area contributed by atoms with Gasteiger partial charge in [0.05, 0.1) is 24.7 Å². The topological polar surface area (TPSA) is 117 Å². The molecule has 1 aliphatic carbocycles. The molecule has 1 saturated heterocycles. The van der Waals surface area contributed by atoms with Gasteiger partial charge in [-0.3, -0.25) is 19.0 Å². The highest BCUT2D eigenvalue weighted by Gasteiger charge is 2.48. The summed E-state index contributed by atoms with van der Waals surface area (Å²) in [6, 6.07) is 14.1. The van der Waals surface area contributed by atoms with E-state index in [0.29, 0.717) is 22.9 Å². The summed E-state index contributed by atoms with van der Waals surface area (Å²) in [7, 11) is 1.68. The van der Waals surface area contributed by atoms with Crippen LogP contribution < -0.4 is 15.2 Å². The van der Waals surface area contributed by atoms with E-state index in [1.54, 1.807) is 31.3 Å². The molecule has 2 fully saturated rings. The third-order valence-electron chi connectivity index (χ3n) is 6.45. The number of aromatic nitrogens is 3. The molecule has 0 bridgehead atoms. The van der Waals surface area contributed by atoms with Crippen molar-refractivity contribution in [1.29, 1.82) is 0 Å². The van der Waals surface area contributed by atoms with Gasteiger partial charge in [-0.15, -0.1) is 0 Å². The molecule has 6 rings (SSSR count). The van der Waals surface area contributed by atoms with E-state index in [0.717, 1.165) is 23.9 Å². The molecule has 10 nitrogen and oxygen atoms in total. The minimum atomic E-state index is -0.619. The van der Waals surface area contributed by atoms with Crippen LogP contribution in [-0.4, -0.2) is 39.1 Å². The van der Waals surface area contributed by atoms with Gasteiger partial charge < -0.3 is 4.42 Å². The number of nitrogens with zero attached hydrogens (tertiary/aromatic N) is 4. The van der Waals surface area contributed by atoms with Crippen LogP contribution in [0.4, 0.5) is 5.69 Å². The highest BCUT2D eigenvalue weighted by atomic mass is 16.5. The Morgan fingerprint density at radius 3 is 2.56 bits per heavy atom. The van der Waals surface area contributed by atoms with Crippen LogP contribution in [0.1, 0.15) is 25.0 Å². The number of aromatic amines is 1. The van der Waals surface area contributed by atoms with E-state index in [9.17, 15) is 14.4 Å². The molecule has 2 aromatic carbocycles. The number of carbonyl (C=O) groups is 2. The van der Waals surface area contributed by atoms with Crippen LogP contribution in [0.3, 0.4) is 0 Å². The number of fused-ring (bicyclic) bond motifs is 1. The molecule has 1 atom stereocenters. The maximum atomic E-state index is 13.4. The molecule has 2 aromatic heterocycles. The molecule has 0 spiro atoms. The quantitative estimate of drug-likeness (QED) is 0.345. The smallest absolute Gasteiger partial charge is 0.431 e. The Morgan fingerprint density at radius 2 is 1.88 bits per heavy atom. The second-order valence-electron chi connectivity index (χ2n) is 8.71. The number of nitrogens with one attached hydrogen (secondary N) is 1. The van der Waals surface area contributed by atoms with E-state index in [2.05, 4.69) is 10.3 Å². The number of anilines is 1. The molecule has 2 amide bonds. The van der Waals surface area contributed by atoms with Gasteiger partial charge in [-0.1, -0.05) is 16.8 Å². The van der Waals surface area contributed by atoms with E-state index < -0.39 is 11.7 Å². The molecule has 2 aliphatic rings. The molecular formula is C24H22N5O5+. The van der Waals surface area contributed by atoms with Crippen LogP contribution in [0.5, 0.6) is 0 Å². The SMILES string of the molecule is C[n+]1[nH]oc(=O)c1CN(C1CC1)C1CC(=O)N(c2ccc(-c3nc4ccccc4o3)cc2)C1=O. The monoisotopic (exact) mass is 460 g/mol. The van der Waals surface area contributed by atoms with E-state index in [1.807, 2.05) is 29.2 Å². The number of hydrogen-bond donors (Lipinski definition) is 1. The Kier molecular flexibility index (Phi) is 4.70. The Hall–Kier alpha value is -4.05. The van der Waals surface area contributed by atoms with Gasteiger partial charge in [-0.05, 0) is 54.5 Å². The molecule has 172 valence electrons. The van der Waals surface area contributed by atoms with Crippen molar-refractivity contribution in [3.05, 3.63) is 64.6 Å². The fraction of sp³-hybridized carbons (Fsp3) is 0.292. The molecule has 3 heterocycles. The number of imide groups is 1. The number of amides is 2. The Morgan fingerprint density at radius 1 is 1.12 bits per heavy atom. The van der Waals surface area contributed by atoms with Crippen LogP contribution >= 0.6 is 0 Å². The number of oxazole rings is 1. The van der Waals surface area contributed by atoms with Crippen molar-refractivity contribution in [2.75, 3.05) is 4.90 Å². The molecule has 1 unspecified atom stereocenters. The summed E-state index contributed by atoms with van der Waals surface area (Å²) in [6.45, 7) is 0.237. The first-order valence-electron chi connectivity index (χ1n) is 11.1. The van der Waals surface area contributed by atoms with E-state index in [1.165, 1.54) is 9.58 Å². The summed E-state index contributed by atoms with van der Waals surface area (Å²) >= 11 is 0. The summed E-state index contributed by atoms with van der Waals surface area (Å²) in [5.74, 6) is -0.0716. The highest BCUT2D eigenvalue weighted by molar-refractivity contribution is 6.22. The lowest BCUT2D eigenvalue weighted by Crippen LogP contribution is -2.47. The van der Waals surface area contributed by atoms with E-state index in [-0.39, 0.29) is 30.8 Å². The van der Waals surface area contributed by atoms with Gasteiger partial charge in [-0.25, -0.2) is 14.7 Å². The molecular weight excluding hydrogens is 438 g/mol. The molecule has 34 heavy (non-hydrogen) atoms. The second kappa shape index (κ2) is 7.77. The molecule has 4 aromatic rings. The number of para-hydroxylation sites is 2. The first-order chi connectivity index (χ1) is 16.5. The number of carbonyl (C=O) groups excluding carboxylic acids is 2. The minimum absolute atomic E-state index is 0.0711. The van der Waals surface area contributed by atoms with Gasteiger partial charge in [0, 0.05) is 11.6 Å². The first kappa shape index (κ1) is 20.5. The number of aryl methyl sites for hydroxylation is 1. The molecule has 10 heteroatoms. The van der Waals surface area contributed by atoms with Crippen molar-refractivity contribution >= 4 is 28.6 Å². The van der Waals surface area contributed by atoms with Crippen molar-refractivity contribution in [2.24, 2.45) is 7.05 Å². The number of rotatable bonds is 6. The number of hydrogen-bond acceptors (Lipinski definition) is 7. The highest BCUT2D eigenvalue weighted by Crippen LogP contribution is 2.35. The molecule has 0 radical (unpaired) electrons. The predicted octanol–water partition coefficient (Wildman–Crippen LogP) is 1.90. The van der Waals surface area contributed by atoms with Crippen molar-refractivity contribution in [2.45, 2.75) is 37.9 Å². The van der Waals surface area contributed by atoms with Crippen LogP contribution in [0.2, 0.25) is 0 Å². The maximum Gasteiger partial charge on any atom is 0.431 e. The van der Waals surface area contributed by atoms with Crippen LogP contribution in [0.25, 0.3) is 22.6 Å². The van der Waals surface area contributed by atoms with Crippen LogP contribution in [-0.2, 0) is 23.2 Å². The van der Waals surface area contributed by atoms with Crippen LogP contribution in [0, 0.1) is 0 Å². The van der Waals surface area contributed by atoms with Gasteiger partial charge in [0.1, 0.15) is 5.52 Å². The fourth-order valence-corrected chi connectivity index (χ4v) is 4.50. The predicted molar refractivity (Wildman–Crippen MR) is 119 cm³/mol. The van der Waals surface area contributed by atoms with Crippen molar-refractivity contribution in [3.8, 4) is 11.5 Å². The van der Waals surface area contributed by atoms with E-state index in [4.69, 9.17) is 8.94 Å². The average Bonchev–Trinajstić information content (AvgIpc) is 3.41. The van der Waals surface area contributed by atoms with Crippen molar-refractivity contribution in [3.63, 3.8) is 0 Å². The lowest BCUT2D eigenvalue weighted by atomic mass is 10.2. The Bertz CT molecular complexity index is 1430. The zero-order chi connectivity index (χ0) is 23.4.